The van der Waals surface area contributed by atoms with Crippen molar-refractivity contribution in [2.24, 2.45) is 7.05 Å². The molecular weight excluding hydrogens is 397 g/mol. The van der Waals surface area contributed by atoms with Crippen LogP contribution in [0.3, 0.4) is 0 Å². The third-order valence-electron chi connectivity index (χ3n) is 5.99. The Balaban J connectivity index is 1.52. The first-order chi connectivity index (χ1) is 15.0. The van der Waals surface area contributed by atoms with Crippen molar-refractivity contribution in [3.8, 4) is 17.0 Å². The summed E-state index contributed by atoms with van der Waals surface area (Å²) in [5.41, 5.74) is 2.81. The predicted octanol–water partition coefficient (Wildman–Crippen LogP) is 3.71. The molecule has 0 saturated carbocycles. The summed E-state index contributed by atoms with van der Waals surface area (Å²) in [5.74, 6) is 0.305. The van der Waals surface area contributed by atoms with E-state index in [-0.39, 0.29) is 17.1 Å². The fraction of sp³-hybridized carbons (Fsp3) is 0.333. The van der Waals surface area contributed by atoms with Gasteiger partial charge in [0.2, 0.25) is 0 Å². The van der Waals surface area contributed by atoms with E-state index in [1.165, 1.54) is 12.1 Å². The van der Waals surface area contributed by atoms with Gasteiger partial charge in [0.25, 0.3) is 5.91 Å². The number of nitrogens with zero attached hydrogens (tertiary/aromatic N) is 2. The Kier molecular flexibility index (Phi) is 6.04. The van der Waals surface area contributed by atoms with Gasteiger partial charge in [0, 0.05) is 37.8 Å². The van der Waals surface area contributed by atoms with Crippen LogP contribution in [0.15, 0.2) is 54.6 Å². The van der Waals surface area contributed by atoms with E-state index in [9.17, 15) is 9.18 Å². The van der Waals surface area contributed by atoms with Crippen molar-refractivity contribution < 1.29 is 18.7 Å². The van der Waals surface area contributed by atoms with E-state index in [2.05, 4.69) is 22.5 Å². The highest BCUT2D eigenvalue weighted by molar-refractivity contribution is 5.93. The second kappa shape index (κ2) is 8.89. The lowest BCUT2D eigenvalue weighted by atomic mass is 9.74. The minimum atomic E-state index is -0.307. The minimum absolute atomic E-state index is 0.192. The van der Waals surface area contributed by atoms with Crippen LogP contribution >= 0.6 is 0 Å². The van der Waals surface area contributed by atoms with Gasteiger partial charge in [0.1, 0.15) is 17.3 Å². The van der Waals surface area contributed by atoms with Gasteiger partial charge >= 0.3 is 0 Å². The normalized spacial score (nSPS) is 15.5. The number of methoxy groups -OCH3 is 1. The molecule has 0 spiro atoms. The maximum Gasteiger partial charge on any atom is 0.269 e. The Bertz CT molecular complexity index is 1040. The predicted molar refractivity (Wildman–Crippen MR) is 116 cm³/mol. The SMILES string of the molecule is COc1ccc(C2(CNC(=O)c3cc(-c4ccc(F)cc4)nn3C)CCOCC2)cc1. The van der Waals surface area contributed by atoms with Gasteiger partial charge in [-0.15, -0.1) is 0 Å². The number of carbonyl (C=O) groups excluding carboxylic acids is 1. The smallest absolute Gasteiger partial charge is 0.269 e. The summed E-state index contributed by atoms with van der Waals surface area (Å²) in [7, 11) is 3.38. The molecule has 1 fully saturated rings. The van der Waals surface area contributed by atoms with Gasteiger partial charge < -0.3 is 14.8 Å². The van der Waals surface area contributed by atoms with Crippen molar-refractivity contribution >= 4 is 5.91 Å². The number of hydrogen-bond acceptors (Lipinski definition) is 4. The van der Waals surface area contributed by atoms with Crippen molar-refractivity contribution in [3.63, 3.8) is 0 Å². The number of hydrogen-bond donors (Lipinski definition) is 1. The van der Waals surface area contributed by atoms with E-state index in [1.54, 1.807) is 37.0 Å². The number of nitrogens with one attached hydrogen (secondary N) is 1. The lowest BCUT2D eigenvalue weighted by Gasteiger charge is -2.38. The summed E-state index contributed by atoms with van der Waals surface area (Å²) in [6, 6.07) is 15.8. The summed E-state index contributed by atoms with van der Waals surface area (Å²) < 4.78 is 25.6. The highest BCUT2D eigenvalue weighted by Crippen LogP contribution is 2.35. The molecule has 0 aliphatic carbocycles. The lowest BCUT2D eigenvalue weighted by molar-refractivity contribution is 0.0486. The summed E-state index contributed by atoms with van der Waals surface area (Å²) in [4.78, 5) is 13.0. The zero-order valence-corrected chi connectivity index (χ0v) is 17.7. The molecule has 7 heteroatoms. The third-order valence-corrected chi connectivity index (χ3v) is 5.99. The van der Waals surface area contributed by atoms with E-state index in [0.29, 0.717) is 31.1 Å². The fourth-order valence-electron chi connectivity index (χ4n) is 4.06. The highest BCUT2D eigenvalue weighted by atomic mass is 19.1. The molecule has 1 aromatic heterocycles. The number of halogens is 1. The van der Waals surface area contributed by atoms with Crippen LogP contribution in [0.25, 0.3) is 11.3 Å². The topological polar surface area (TPSA) is 65.4 Å². The Labute approximate surface area is 181 Å². The molecule has 0 unspecified atom stereocenters. The molecule has 2 aromatic carbocycles. The average Bonchev–Trinajstić information content (AvgIpc) is 3.20. The Hall–Kier alpha value is -3.19. The Morgan fingerprint density at radius 1 is 1.16 bits per heavy atom. The minimum Gasteiger partial charge on any atom is -0.497 e. The van der Waals surface area contributed by atoms with Crippen molar-refractivity contribution in [1.82, 2.24) is 15.1 Å². The molecule has 1 N–H and O–H groups in total. The second-order valence-corrected chi connectivity index (χ2v) is 7.85. The zero-order chi connectivity index (χ0) is 21.8. The first-order valence-electron chi connectivity index (χ1n) is 10.3. The quantitative estimate of drug-likeness (QED) is 0.656. The average molecular weight is 423 g/mol. The highest BCUT2D eigenvalue weighted by Gasteiger charge is 2.35. The molecule has 1 saturated heterocycles. The summed E-state index contributed by atoms with van der Waals surface area (Å²) >= 11 is 0. The molecule has 2 heterocycles. The molecule has 0 bridgehead atoms. The van der Waals surface area contributed by atoms with Gasteiger partial charge in [0.15, 0.2) is 0 Å². The van der Waals surface area contributed by atoms with Gasteiger partial charge in [-0.3, -0.25) is 9.48 Å². The number of aryl methyl sites for hydroxylation is 1. The Morgan fingerprint density at radius 3 is 2.48 bits per heavy atom. The summed E-state index contributed by atoms with van der Waals surface area (Å²) in [6.45, 7) is 1.81. The summed E-state index contributed by atoms with van der Waals surface area (Å²) in [5, 5.41) is 7.53. The molecule has 6 nitrogen and oxygen atoms in total. The molecule has 31 heavy (non-hydrogen) atoms. The van der Waals surface area contributed by atoms with Crippen molar-refractivity contribution in [2.45, 2.75) is 18.3 Å². The first kappa shape index (κ1) is 21.1. The number of ether oxygens (including phenoxy) is 2. The summed E-state index contributed by atoms with van der Waals surface area (Å²) in [6.07, 6.45) is 1.65. The van der Waals surface area contributed by atoms with Crippen LogP contribution < -0.4 is 10.1 Å². The molecule has 3 aromatic rings. The van der Waals surface area contributed by atoms with E-state index in [4.69, 9.17) is 9.47 Å². The second-order valence-electron chi connectivity index (χ2n) is 7.85. The number of carbonyl (C=O) groups is 1. The largest absolute Gasteiger partial charge is 0.497 e. The van der Waals surface area contributed by atoms with Gasteiger partial charge in [-0.05, 0) is 60.9 Å². The number of benzene rings is 2. The van der Waals surface area contributed by atoms with E-state index >= 15 is 0 Å². The van der Waals surface area contributed by atoms with E-state index in [0.717, 1.165) is 29.7 Å². The number of amides is 1. The fourth-order valence-corrected chi connectivity index (χ4v) is 4.06. The van der Waals surface area contributed by atoms with Crippen LogP contribution in [0, 0.1) is 5.82 Å². The van der Waals surface area contributed by atoms with E-state index in [1.807, 2.05) is 12.1 Å². The maximum atomic E-state index is 13.2. The molecule has 1 aliphatic heterocycles. The van der Waals surface area contributed by atoms with Crippen molar-refractivity contribution in [1.29, 1.82) is 0 Å². The monoisotopic (exact) mass is 423 g/mol. The van der Waals surface area contributed by atoms with Crippen molar-refractivity contribution in [3.05, 3.63) is 71.7 Å². The van der Waals surface area contributed by atoms with Gasteiger partial charge in [0.05, 0.1) is 12.8 Å². The number of aromatic nitrogens is 2. The third kappa shape index (κ3) is 4.46. The first-order valence-corrected chi connectivity index (χ1v) is 10.3. The molecule has 0 atom stereocenters. The number of rotatable bonds is 6. The standard InChI is InChI=1S/C24H26FN3O3/c1-28-22(15-21(27-28)17-3-7-19(25)8-4-17)23(29)26-16-24(11-13-31-14-12-24)18-5-9-20(30-2)10-6-18/h3-10,15H,11-14,16H2,1-2H3,(H,26,29). The van der Waals surface area contributed by atoms with Gasteiger partial charge in [-0.25, -0.2) is 4.39 Å². The molecule has 4 rings (SSSR count). The molecule has 0 radical (unpaired) electrons. The maximum absolute atomic E-state index is 13.2. The van der Waals surface area contributed by atoms with Crippen LogP contribution in [0.5, 0.6) is 5.75 Å². The molecule has 1 amide bonds. The van der Waals surface area contributed by atoms with Crippen molar-refractivity contribution in [2.75, 3.05) is 26.9 Å². The molecular formula is C24H26FN3O3. The Morgan fingerprint density at radius 2 is 1.84 bits per heavy atom. The zero-order valence-electron chi connectivity index (χ0n) is 17.7. The molecule has 1 aliphatic rings. The van der Waals surface area contributed by atoms with Crippen LogP contribution in [0.4, 0.5) is 4.39 Å². The van der Waals surface area contributed by atoms with Crippen LogP contribution in [-0.2, 0) is 17.2 Å². The van der Waals surface area contributed by atoms with Gasteiger partial charge in [-0.2, -0.15) is 5.10 Å². The molecule has 162 valence electrons. The van der Waals surface area contributed by atoms with Crippen LogP contribution in [0.1, 0.15) is 28.9 Å². The van der Waals surface area contributed by atoms with E-state index < -0.39 is 0 Å². The van der Waals surface area contributed by atoms with Gasteiger partial charge in [-0.1, -0.05) is 12.1 Å². The van der Waals surface area contributed by atoms with Crippen LogP contribution in [-0.4, -0.2) is 42.6 Å². The lowest BCUT2D eigenvalue weighted by Crippen LogP contribution is -2.44. The van der Waals surface area contributed by atoms with Crippen LogP contribution in [0.2, 0.25) is 0 Å².